The molecule has 0 aromatic heterocycles. The molecule has 20 heavy (non-hydrogen) atoms. The summed E-state index contributed by atoms with van der Waals surface area (Å²) in [5.41, 5.74) is 0.358. The van der Waals surface area contributed by atoms with Gasteiger partial charge in [-0.1, -0.05) is 23.2 Å². The van der Waals surface area contributed by atoms with E-state index < -0.39 is 0 Å². The summed E-state index contributed by atoms with van der Waals surface area (Å²) in [6, 6.07) is 5.19. The number of benzene rings is 1. The summed E-state index contributed by atoms with van der Waals surface area (Å²) in [6.45, 7) is 5.48. The standard InChI is InChI=1S/C14H15Cl2N3O/c15-11-2-1-10(3-12(11)16)13(20)14-4-17-7-18(5-14)9-19(6-14)8-17/h1-3H,4-9H2. The molecule has 0 unspecified atom stereocenters. The van der Waals surface area contributed by atoms with Crippen molar-refractivity contribution in [3.8, 4) is 0 Å². The lowest BCUT2D eigenvalue weighted by molar-refractivity contribution is -0.155. The Kier molecular flexibility index (Phi) is 2.88. The average Bonchev–Trinajstić information content (AvgIpc) is 2.39. The normalized spacial score (nSPS) is 38.2. The van der Waals surface area contributed by atoms with Crippen molar-refractivity contribution in [3.05, 3.63) is 33.8 Å². The first-order valence-electron chi connectivity index (χ1n) is 6.73. The van der Waals surface area contributed by atoms with E-state index in [4.69, 9.17) is 23.2 Å². The first-order chi connectivity index (χ1) is 9.56. The lowest BCUT2D eigenvalue weighted by Gasteiger charge is -2.59. The predicted molar refractivity (Wildman–Crippen MR) is 77.9 cm³/mol. The fourth-order valence-corrected chi connectivity index (χ4v) is 4.17. The van der Waals surface area contributed by atoms with Crippen LogP contribution in [0.4, 0.5) is 0 Å². The van der Waals surface area contributed by atoms with E-state index in [1.54, 1.807) is 18.2 Å². The average molecular weight is 312 g/mol. The van der Waals surface area contributed by atoms with Crippen LogP contribution >= 0.6 is 23.2 Å². The van der Waals surface area contributed by atoms with Crippen LogP contribution in [0.5, 0.6) is 0 Å². The van der Waals surface area contributed by atoms with Gasteiger partial charge in [0.05, 0.1) is 35.5 Å². The minimum atomic E-state index is -0.314. The molecule has 4 nitrogen and oxygen atoms in total. The lowest BCUT2D eigenvalue weighted by Crippen LogP contribution is -2.74. The van der Waals surface area contributed by atoms with E-state index in [0.717, 1.165) is 39.6 Å². The Hall–Kier alpha value is -0.650. The minimum absolute atomic E-state index is 0.190. The molecule has 0 N–H and O–H groups in total. The van der Waals surface area contributed by atoms with Crippen LogP contribution in [-0.4, -0.2) is 60.1 Å². The van der Waals surface area contributed by atoms with Crippen LogP contribution in [0.1, 0.15) is 10.4 Å². The maximum atomic E-state index is 13.0. The van der Waals surface area contributed by atoms with Gasteiger partial charge >= 0.3 is 0 Å². The second-order valence-electron chi connectivity index (χ2n) is 6.15. The fraction of sp³-hybridized carbons (Fsp3) is 0.500. The largest absolute Gasteiger partial charge is 0.293 e. The van der Waals surface area contributed by atoms with Crippen molar-refractivity contribution in [3.63, 3.8) is 0 Å². The van der Waals surface area contributed by atoms with Gasteiger partial charge in [0.25, 0.3) is 0 Å². The molecule has 4 aliphatic rings. The molecule has 0 saturated carbocycles. The first kappa shape index (κ1) is 13.0. The summed E-state index contributed by atoms with van der Waals surface area (Å²) in [5, 5.41) is 0.938. The smallest absolute Gasteiger partial charge is 0.172 e. The van der Waals surface area contributed by atoms with Crippen molar-refractivity contribution >= 4 is 29.0 Å². The van der Waals surface area contributed by atoms with Gasteiger partial charge in [-0.3, -0.25) is 19.5 Å². The second-order valence-corrected chi connectivity index (χ2v) is 6.96. The van der Waals surface area contributed by atoms with E-state index in [-0.39, 0.29) is 11.2 Å². The fourth-order valence-electron chi connectivity index (χ4n) is 3.88. The number of Topliss-reactive ketones (excluding diaryl/α,β-unsaturated/α-hetero) is 1. The lowest BCUT2D eigenvalue weighted by atomic mass is 9.75. The highest BCUT2D eigenvalue weighted by Gasteiger charge is 2.52. The van der Waals surface area contributed by atoms with E-state index in [1.807, 2.05) is 0 Å². The van der Waals surface area contributed by atoms with Gasteiger partial charge in [0, 0.05) is 25.2 Å². The van der Waals surface area contributed by atoms with Crippen molar-refractivity contribution in [2.75, 3.05) is 39.6 Å². The Morgan fingerprint density at radius 3 is 2.00 bits per heavy atom. The van der Waals surface area contributed by atoms with Crippen LogP contribution in [0.15, 0.2) is 18.2 Å². The van der Waals surface area contributed by atoms with Gasteiger partial charge in [0.2, 0.25) is 0 Å². The summed E-state index contributed by atoms with van der Waals surface area (Å²) >= 11 is 12.0. The monoisotopic (exact) mass is 311 g/mol. The van der Waals surface area contributed by atoms with E-state index >= 15 is 0 Å². The zero-order chi connectivity index (χ0) is 13.9. The molecule has 1 aromatic carbocycles. The highest BCUT2D eigenvalue weighted by atomic mass is 35.5. The number of hydrogen-bond donors (Lipinski definition) is 0. The van der Waals surface area contributed by atoms with Crippen molar-refractivity contribution in [1.29, 1.82) is 0 Å². The Balaban J connectivity index is 1.69. The topological polar surface area (TPSA) is 26.8 Å². The Morgan fingerprint density at radius 2 is 1.50 bits per heavy atom. The van der Waals surface area contributed by atoms with E-state index in [2.05, 4.69) is 14.7 Å². The third kappa shape index (κ3) is 1.90. The van der Waals surface area contributed by atoms with Crippen molar-refractivity contribution in [2.45, 2.75) is 0 Å². The van der Waals surface area contributed by atoms with Gasteiger partial charge in [0.15, 0.2) is 5.78 Å². The van der Waals surface area contributed by atoms with Gasteiger partial charge in [-0.2, -0.15) is 0 Å². The Bertz CT molecular complexity index is 554. The molecule has 106 valence electrons. The molecule has 0 radical (unpaired) electrons. The van der Waals surface area contributed by atoms with Crippen LogP contribution in [0, 0.1) is 5.41 Å². The number of carbonyl (C=O) groups is 1. The van der Waals surface area contributed by atoms with Crippen molar-refractivity contribution < 1.29 is 4.79 Å². The van der Waals surface area contributed by atoms with Crippen LogP contribution in [0.25, 0.3) is 0 Å². The molecule has 4 aliphatic heterocycles. The number of hydrogen-bond acceptors (Lipinski definition) is 4. The van der Waals surface area contributed by atoms with E-state index in [1.165, 1.54) is 0 Å². The molecular formula is C14H15Cl2N3O. The predicted octanol–water partition coefficient (Wildman–Crippen LogP) is 1.98. The zero-order valence-electron chi connectivity index (χ0n) is 11.0. The van der Waals surface area contributed by atoms with Gasteiger partial charge in [-0.25, -0.2) is 0 Å². The molecule has 4 fully saturated rings. The first-order valence-corrected chi connectivity index (χ1v) is 7.48. The summed E-state index contributed by atoms with van der Waals surface area (Å²) in [4.78, 5) is 20.0. The maximum Gasteiger partial charge on any atom is 0.172 e. The zero-order valence-corrected chi connectivity index (χ0v) is 12.5. The molecular weight excluding hydrogens is 297 g/mol. The number of ketones is 1. The van der Waals surface area contributed by atoms with Crippen LogP contribution in [0.3, 0.4) is 0 Å². The number of carbonyl (C=O) groups excluding carboxylic acids is 1. The summed E-state index contributed by atoms with van der Waals surface area (Å²) in [6.07, 6.45) is 0. The Labute approximate surface area is 127 Å². The molecule has 0 spiro atoms. The molecule has 4 bridgehead atoms. The number of halogens is 2. The van der Waals surface area contributed by atoms with Crippen LogP contribution in [-0.2, 0) is 0 Å². The molecule has 5 rings (SSSR count). The molecule has 0 aliphatic carbocycles. The third-order valence-corrected chi connectivity index (χ3v) is 5.18. The molecule has 4 heterocycles. The van der Waals surface area contributed by atoms with Crippen molar-refractivity contribution in [2.24, 2.45) is 5.41 Å². The third-order valence-electron chi connectivity index (χ3n) is 4.44. The van der Waals surface area contributed by atoms with E-state index in [0.29, 0.717) is 15.6 Å². The summed E-state index contributed by atoms with van der Waals surface area (Å²) in [5.74, 6) is 0.190. The Morgan fingerprint density at radius 1 is 0.950 bits per heavy atom. The van der Waals surface area contributed by atoms with Crippen LogP contribution < -0.4 is 0 Å². The number of nitrogens with zero attached hydrogens (tertiary/aromatic N) is 3. The van der Waals surface area contributed by atoms with E-state index in [9.17, 15) is 4.79 Å². The van der Waals surface area contributed by atoms with Crippen LogP contribution in [0.2, 0.25) is 10.0 Å². The second kappa shape index (κ2) is 4.42. The van der Waals surface area contributed by atoms with Gasteiger partial charge < -0.3 is 0 Å². The SMILES string of the molecule is O=C(c1ccc(Cl)c(Cl)c1)C12CN3CN(CN(C3)C1)C2. The summed E-state index contributed by atoms with van der Waals surface area (Å²) in [7, 11) is 0. The van der Waals surface area contributed by atoms with Gasteiger partial charge in [0.1, 0.15) is 0 Å². The molecule has 0 atom stereocenters. The summed E-state index contributed by atoms with van der Waals surface area (Å²) < 4.78 is 0. The highest BCUT2D eigenvalue weighted by molar-refractivity contribution is 6.42. The quantitative estimate of drug-likeness (QED) is 0.780. The minimum Gasteiger partial charge on any atom is -0.293 e. The molecule has 4 saturated heterocycles. The number of rotatable bonds is 2. The van der Waals surface area contributed by atoms with Gasteiger partial charge in [-0.15, -0.1) is 0 Å². The molecule has 1 aromatic rings. The molecule has 6 heteroatoms. The highest BCUT2D eigenvalue weighted by Crippen LogP contribution is 2.38. The van der Waals surface area contributed by atoms with Gasteiger partial charge in [-0.05, 0) is 18.2 Å². The molecule has 0 amide bonds. The van der Waals surface area contributed by atoms with Crippen molar-refractivity contribution in [1.82, 2.24) is 14.7 Å². The maximum absolute atomic E-state index is 13.0.